The fourth-order valence-corrected chi connectivity index (χ4v) is 2.03. The second kappa shape index (κ2) is 7.70. The van der Waals surface area contributed by atoms with Crippen LogP contribution in [0.15, 0.2) is 48.5 Å². The topological polar surface area (TPSA) is 35.5 Å². The SMILES string of the molecule is COc1ccc(C(=O)c2ccccc2)cc1OCCCCl. The first-order valence-corrected chi connectivity index (χ1v) is 7.26. The molecule has 2 rings (SSSR count). The first kappa shape index (κ1) is 15.4. The zero-order valence-electron chi connectivity index (χ0n) is 11.8. The van der Waals surface area contributed by atoms with Gasteiger partial charge in [-0.1, -0.05) is 30.3 Å². The number of benzene rings is 2. The van der Waals surface area contributed by atoms with E-state index in [4.69, 9.17) is 21.1 Å². The minimum atomic E-state index is -0.0413. The van der Waals surface area contributed by atoms with Crippen LogP contribution in [0.3, 0.4) is 0 Å². The molecule has 3 nitrogen and oxygen atoms in total. The zero-order valence-corrected chi connectivity index (χ0v) is 12.6. The highest BCUT2D eigenvalue weighted by atomic mass is 35.5. The predicted octanol–water partition coefficient (Wildman–Crippen LogP) is 3.93. The summed E-state index contributed by atoms with van der Waals surface area (Å²) in [6.45, 7) is 0.489. The Labute approximate surface area is 129 Å². The molecule has 0 atom stereocenters. The van der Waals surface area contributed by atoms with Crippen molar-refractivity contribution in [3.05, 3.63) is 59.7 Å². The summed E-state index contributed by atoms with van der Waals surface area (Å²) in [5.41, 5.74) is 1.22. The summed E-state index contributed by atoms with van der Waals surface area (Å²) in [5.74, 6) is 1.66. The third-order valence-corrected chi connectivity index (χ3v) is 3.26. The summed E-state index contributed by atoms with van der Waals surface area (Å²) in [7, 11) is 1.57. The molecule has 0 radical (unpaired) electrons. The number of methoxy groups -OCH3 is 1. The first-order chi connectivity index (χ1) is 10.3. The summed E-state index contributed by atoms with van der Waals surface area (Å²) >= 11 is 5.64. The number of hydrogen-bond donors (Lipinski definition) is 0. The number of carbonyl (C=O) groups excluding carboxylic acids is 1. The average molecular weight is 305 g/mol. The average Bonchev–Trinajstić information content (AvgIpc) is 2.55. The third kappa shape index (κ3) is 3.99. The van der Waals surface area contributed by atoms with Crippen LogP contribution in [0.5, 0.6) is 11.5 Å². The molecule has 21 heavy (non-hydrogen) atoms. The predicted molar refractivity (Wildman–Crippen MR) is 83.7 cm³/mol. The zero-order chi connectivity index (χ0) is 15.1. The number of ketones is 1. The number of rotatable bonds is 7. The summed E-state index contributed by atoms with van der Waals surface area (Å²) in [4.78, 5) is 12.4. The smallest absolute Gasteiger partial charge is 0.193 e. The molecule has 2 aromatic carbocycles. The van der Waals surface area contributed by atoms with Crippen LogP contribution in [0.25, 0.3) is 0 Å². The van der Waals surface area contributed by atoms with Crippen LogP contribution < -0.4 is 9.47 Å². The van der Waals surface area contributed by atoms with Gasteiger partial charge in [-0.3, -0.25) is 4.79 Å². The largest absolute Gasteiger partial charge is 0.493 e. The van der Waals surface area contributed by atoms with Crippen molar-refractivity contribution in [1.29, 1.82) is 0 Å². The van der Waals surface area contributed by atoms with Gasteiger partial charge in [0.05, 0.1) is 13.7 Å². The van der Waals surface area contributed by atoms with Crippen LogP contribution in [0.2, 0.25) is 0 Å². The maximum atomic E-state index is 12.4. The Bertz CT molecular complexity index is 596. The van der Waals surface area contributed by atoms with Gasteiger partial charge in [-0.05, 0) is 24.6 Å². The van der Waals surface area contributed by atoms with Crippen LogP contribution >= 0.6 is 11.6 Å². The Kier molecular flexibility index (Phi) is 5.64. The van der Waals surface area contributed by atoms with Crippen LogP contribution in [0.4, 0.5) is 0 Å². The molecule has 110 valence electrons. The molecule has 0 aliphatic rings. The van der Waals surface area contributed by atoms with E-state index < -0.39 is 0 Å². The molecule has 0 aliphatic carbocycles. The van der Waals surface area contributed by atoms with E-state index in [9.17, 15) is 4.79 Å². The maximum Gasteiger partial charge on any atom is 0.193 e. The molecule has 0 fully saturated rings. The summed E-state index contributed by atoms with van der Waals surface area (Å²) in [6.07, 6.45) is 0.738. The Morgan fingerprint density at radius 3 is 2.48 bits per heavy atom. The molecule has 0 saturated heterocycles. The van der Waals surface area contributed by atoms with Crippen LogP contribution in [0, 0.1) is 0 Å². The Balaban J connectivity index is 2.24. The lowest BCUT2D eigenvalue weighted by Gasteiger charge is -2.11. The monoisotopic (exact) mass is 304 g/mol. The number of carbonyl (C=O) groups is 1. The standard InChI is InChI=1S/C17H17ClO3/c1-20-15-9-8-14(12-16(15)21-11-5-10-18)17(19)13-6-3-2-4-7-13/h2-4,6-9,12H,5,10-11H2,1H3. The van der Waals surface area contributed by atoms with Gasteiger partial charge in [-0.25, -0.2) is 0 Å². The molecule has 0 heterocycles. The molecule has 0 N–H and O–H groups in total. The van der Waals surface area contributed by atoms with Crippen molar-refractivity contribution < 1.29 is 14.3 Å². The van der Waals surface area contributed by atoms with Crippen molar-refractivity contribution in [1.82, 2.24) is 0 Å². The van der Waals surface area contributed by atoms with Crippen molar-refractivity contribution in [2.75, 3.05) is 19.6 Å². The summed E-state index contributed by atoms with van der Waals surface area (Å²) < 4.78 is 10.9. The van der Waals surface area contributed by atoms with Crippen LogP contribution in [-0.2, 0) is 0 Å². The molecular weight excluding hydrogens is 288 g/mol. The van der Waals surface area contributed by atoms with Gasteiger partial charge in [0.2, 0.25) is 0 Å². The summed E-state index contributed by atoms with van der Waals surface area (Å²) in [6, 6.07) is 14.3. The van der Waals surface area contributed by atoms with E-state index in [1.165, 1.54) is 0 Å². The highest BCUT2D eigenvalue weighted by molar-refractivity contribution is 6.17. The van der Waals surface area contributed by atoms with Crippen LogP contribution in [0.1, 0.15) is 22.3 Å². The Morgan fingerprint density at radius 2 is 1.81 bits per heavy atom. The molecule has 0 amide bonds. The lowest BCUT2D eigenvalue weighted by molar-refractivity contribution is 0.103. The number of hydrogen-bond acceptors (Lipinski definition) is 3. The van der Waals surface area contributed by atoms with E-state index in [1.54, 1.807) is 37.4 Å². The fraction of sp³-hybridized carbons (Fsp3) is 0.235. The molecule has 4 heteroatoms. The molecular formula is C17H17ClO3. The van der Waals surface area contributed by atoms with Crippen molar-refractivity contribution in [2.24, 2.45) is 0 Å². The first-order valence-electron chi connectivity index (χ1n) is 6.73. The molecule has 0 spiro atoms. The summed E-state index contributed by atoms with van der Waals surface area (Å²) in [5, 5.41) is 0. The molecule has 2 aromatic rings. The molecule has 0 saturated carbocycles. The number of halogens is 1. The normalized spacial score (nSPS) is 10.2. The minimum absolute atomic E-state index is 0.0413. The van der Waals surface area contributed by atoms with Gasteiger partial charge in [-0.2, -0.15) is 0 Å². The van der Waals surface area contributed by atoms with Gasteiger partial charge < -0.3 is 9.47 Å². The van der Waals surface area contributed by atoms with Gasteiger partial charge in [0.25, 0.3) is 0 Å². The van der Waals surface area contributed by atoms with E-state index in [1.807, 2.05) is 18.2 Å². The lowest BCUT2D eigenvalue weighted by Crippen LogP contribution is -2.04. The third-order valence-electron chi connectivity index (χ3n) is 3.00. The fourth-order valence-electron chi connectivity index (χ4n) is 1.92. The Morgan fingerprint density at radius 1 is 1.05 bits per heavy atom. The maximum absolute atomic E-state index is 12.4. The van der Waals surface area contributed by atoms with Gasteiger partial charge in [-0.15, -0.1) is 11.6 Å². The van der Waals surface area contributed by atoms with Crippen molar-refractivity contribution >= 4 is 17.4 Å². The van der Waals surface area contributed by atoms with Crippen molar-refractivity contribution in [3.63, 3.8) is 0 Å². The second-order valence-electron chi connectivity index (χ2n) is 4.45. The van der Waals surface area contributed by atoms with E-state index in [-0.39, 0.29) is 5.78 Å². The van der Waals surface area contributed by atoms with E-state index in [0.717, 1.165) is 6.42 Å². The molecule has 0 unspecified atom stereocenters. The molecule has 0 bridgehead atoms. The molecule has 0 aliphatic heterocycles. The van der Waals surface area contributed by atoms with Gasteiger partial charge in [0.15, 0.2) is 17.3 Å². The van der Waals surface area contributed by atoms with Crippen molar-refractivity contribution in [3.8, 4) is 11.5 Å². The van der Waals surface area contributed by atoms with Gasteiger partial charge in [0.1, 0.15) is 0 Å². The highest BCUT2D eigenvalue weighted by Gasteiger charge is 2.12. The second-order valence-corrected chi connectivity index (χ2v) is 4.83. The Hall–Kier alpha value is -2.00. The molecule has 0 aromatic heterocycles. The van der Waals surface area contributed by atoms with Gasteiger partial charge in [0, 0.05) is 17.0 Å². The van der Waals surface area contributed by atoms with E-state index in [0.29, 0.717) is 35.1 Å². The number of ether oxygens (including phenoxy) is 2. The van der Waals surface area contributed by atoms with E-state index >= 15 is 0 Å². The van der Waals surface area contributed by atoms with E-state index in [2.05, 4.69) is 0 Å². The lowest BCUT2D eigenvalue weighted by atomic mass is 10.0. The number of alkyl halides is 1. The highest BCUT2D eigenvalue weighted by Crippen LogP contribution is 2.29. The quantitative estimate of drug-likeness (QED) is 0.441. The van der Waals surface area contributed by atoms with Crippen LogP contribution in [-0.4, -0.2) is 25.4 Å². The van der Waals surface area contributed by atoms with Crippen molar-refractivity contribution in [2.45, 2.75) is 6.42 Å². The minimum Gasteiger partial charge on any atom is -0.493 e. The van der Waals surface area contributed by atoms with Gasteiger partial charge >= 0.3 is 0 Å².